The van der Waals surface area contributed by atoms with Crippen LogP contribution in [0, 0.1) is 0 Å². The Kier molecular flexibility index (Phi) is 5.24. The Morgan fingerprint density at radius 3 is 2.56 bits per heavy atom. The highest BCUT2D eigenvalue weighted by molar-refractivity contribution is 6.32. The molecule has 6 heteroatoms. The monoisotopic (exact) mass is 359 g/mol. The number of anilines is 1. The van der Waals surface area contributed by atoms with Gasteiger partial charge in [-0.1, -0.05) is 11.6 Å². The molecule has 0 saturated carbocycles. The third-order valence-electron chi connectivity index (χ3n) is 3.80. The van der Waals surface area contributed by atoms with Crippen molar-refractivity contribution in [3.05, 3.63) is 52.5 Å². The normalized spacial score (nSPS) is 13.0. The van der Waals surface area contributed by atoms with E-state index in [1.807, 2.05) is 0 Å². The minimum absolute atomic E-state index is 0.0142. The van der Waals surface area contributed by atoms with Crippen molar-refractivity contribution in [1.82, 2.24) is 0 Å². The number of halogens is 1. The van der Waals surface area contributed by atoms with Gasteiger partial charge in [0.05, 0.1) is 24.7 Å². The second-order valence-corrected chi connectivity index (χ2v) is 6.22. The second kappa shape index (κ2) is 7.57. The summed E-state index contributed by atoms with van der Waals surface area (Å²) in [6.45, 7) is 2.62. The molecule has 1 amide bonds. The standard InChI is InChI=1S/C19H18ClNO4/c1-12(22)14-3-5-15(6-4-14)21-18(23)11-13-9-16(20)19-17(10-13)24-7-2-8-25-19/h3-6,9-10H,2,7-8,11H2,1H3,(H,21,23). The molecule has 2 aromatic rings. The summed E-state index contributed by atoms with van der Waals surface area (Å²) in [6, 6.07) is 10.3. The van der Waals surface area contributed by atoms with Crippen LogP contribution >= 0.6 is 11.6 Å². The maximum absolute atomic E-state index is 12.3. The number of hydrogen-bond acceptors (Lipinski definition) is 4. The Morgan fingerprint density at radius 1 is 1.12 bits per heavy atom. The molecule has 0 radical (unpaired) electrons. The number of carbonyl (C=O) groups is 2. The maximum Gasteiger partial charge on any atom is 0.228 e. The van der Waals surface area contributed by atoms with Crippen LogP contribution in [0.2, 0.25) is 5.02 Å². The molecule has 2 aromatic carbocycles. The van der Waals surface area contributed by atoms with Gasteiger partial charge in [0.15, 0.2) is 17.3 Å². The first kappa shape index (κ1) is 17.3. The third kappa shape index (κ3) is 4.31. The number of nitrogens with one attached hydrogen (secondary N) is 1. The van der Waals surface area contributed by atoms with Crippen LogP contribution in [-0.2, 0) is 11.2 Å². The van der Waals surface area contributed by atoms with Crippen molar-refractivity contribution in [2.24, 2.45) is 0 Å². The molecule has 3 rings (SSSR count). The highest BCUT2D eigenvalue weighted by Gasteiger charge is 2.17. The quantitative estimate of drug-likeness (QED) is 0.841. The highest BCUT2D eigenvalue weighted by Crippen LogP contribution is 2.38. The molecule has 1 N–H and O–H groups in total. The van der Waals surface area contributed by atoms with Crippen molar-refractivity contribution in [1.29, 1.82) is 0 Å². The summed E-state index contributed by atoms with van der Waals surface area (Å²) in [5.74, 6) is 0.905. The molecule has 0 fully saturated rings. The molecule has 0 spiro atoms. The predicted molar refractivity (Wildman–Crippen MR) is 95.8 cm³/mol. The Morgan fingerprint density at radius 2 is 1.84 bits per heavy atom. The predicted octanol–water partition coefficient (Wildman–Crippen LogP) is 3.89. The van der Waals surface area contributed by atoms with Crippen LogP contribution in [0.3, 0.4) is 0 Å². The fourth-order valence-electron chi connectivity index (χ4n) is 2.57. The summed E-state index contributed by atoms with van der Waals surface area (Å²) in [6.07, 6.45) is 0.946. The van der Waals surface area contributed by atoms with E-state index in [0.717, 1.165) is 12.0 Å². The van der Waals surface area contributed by atoms with Gasteiger partial charge >= 0.3 is 0 Å². The zero-order valence-corrected chi connectivity index (χ0v) is 14.6. The minimum Gasteiger partial charge on any atom is -0.489 e. The Bertz CT molecular complexity index is 802. The van der Waals surface area contributed by atoms with Crippen LogP contribution in [0.4, 0.5) is 5.69 Å². The number of rotatable bonds is 4. The van der Waals surface area contributed by atoms with Gasteiger partial charge in [0.25, 0.3) is 0 Å². The number of fused-ring (bicyclic) bond motifs is 1. The Balaban J connectivity index is 1.69. The van der Waals surface area contributed by atoms with Crippen LogP contribution in [-0.4, -0.2) is 24.9 Å². The third-order valence-corrected chi connectivity index (χ3v) is 4.08. The van der Waals surface area contributed by atoms with Crippen molar-refractivity contribution >= 4 is 29.0 Å². The van der Waals surface area contributed by atoms with Gasteiger partial charge in [-0.05, 0) is 48.9 Å². The molecule has 130 valence electrons. The zero-order chi connectivity index (χ0) is 17.8. The Labute approximate surface area is 150 Å². The van der Waals surface area contributed by atoms with Crippen LogP contribution in [0.15, 0.2) is 36.4 Å². The van der Waals surface area contributed by atoms with E-state index in [1.54, 1.807) is 36.4 Å². The first-order chi connectivity index (χ1) is 12.0. The molecule has 5 nitrogen and oxygen atoms in total. The molecule has 0 saturated heterocycles. The zero-order valence-electron chi connectivity index (χ0n) is 13.8. The van der Waals surface area contributed by atoms with E-state index in [0.29, 0.717) is 41.0 Å². The van der Waals surface area contributed by atoms with E-state index in [2.05, 4.69) is 5.32 Å². The van der Waals surface area contributed by atoms with E-state index in [9.17, 15) is 9.59 Å². The average Bonchev–Trinajstić information content (AvgIpc) is 2.81. The van der Waals surface area contributed by atoms with Gasteiger partial charge in [0.1, 0.15) is 0 Å². The topological polar surface area (TPSA) is 64.6 Å². The largest absolute Gasteiger partial charge is 0.489 e. The summed E-state index contributed by atoms with van der Waals surface area (Å²) in [4.78, 5) is 23.5. The molecule has 0 atom stereocenters. The van der Waals surface area contributed by atoms with Crippen molar-refractivity contribution in [3.8, 4) is 11.5 Å². The van der Waals surface area contributed by atoms with E-state index in [-0.39, 0.29) is 18.1 Å². The van der Waals surface area contributed by atoms with Crippen molar-refractivity contribution < 1.29 is 19.1 Å². The average molecular weight is 360 g/mol. The van der Waals surface area contributed by atoms with E-state index >= 15 is 0 Å². The maximum atomic E-state index is 12.3. The van der Waals surface area contributed by atoms with Gasteiger partial charge in [-0.3, -0.25) is 9.59 Å². The van der Waals surface area contributed by atoms with Crippen LogP contribution in [0.25, 0.3) is 0 Å². The molecule has 1 aliphatic rings. The number of hydrogen-bond donors (Lipinski definition) is 1. The smallest absolute Gasteiger partial charge is 0.228 e. The molecule has 0 aromatic heterocycles. The van der Waals surface area contributed by atoms with Gasteiger partial charge in [0.2, 0.25) is 5.91 Å². The van der Waals surface area contributed by atoms with Crippen molar-refractivity contribution in [2.75, 3.05) is 18.5 Å². The summed E-state index contributed by atoms with van der Waals surface area (Å²) in [7, 11) is 0. The lowest BCUT2D eigenvalue weighted by Crippen LogP contribution is -2.14. The summed E-state index contributed by atoms with van der Waals surface area (Å²) < 4.78 is 11.2. The fourth-order valence-corrected chi connectivity index (χ4v) is 2.85. The lowest BCUT2D eigenvalue weighted by molar-refractivity contribution is -0.115. The number of Topliss-reactive ketones (excluding diaryl/α,β-unsaturated/α-hetero) is 1. The van der Waals surface area contributed by atoms with Gasteiger partial charge in [-0.15, -0.1) is 0 Å². The summed E-state index contributed by atoms with van der Waals surface area (Å²) >= 11 is 6.24. The van der Waals surface area contributed by atoms with E-state index < -0.39 is 0 Å². The van der Waals surface area contributed by atoms with Gasteiger partial charge < -0.3 is 14.8 Å². The molecule has 1 aliphatic heterocycles. The number of ketones is 1. The summed E-state index contributed by atoms with van der Waals surface area (Å²) in [5.41, 5.74) is 1.98. The van der Waals surface area contributed by atoms with Crippen LogP contribution in [0.5, 0.6) is 11.5 Å². The van der Waals surface area contributed by atoms with Gasteiger partial charge in [-0.25, -0.2) is 0 Å². The first-order valence-corrected chi connectivity index (χ1v) is 8.39. The minimum atomic E-state index is -0.180. The second-order valence-electron chi connectivity index (χ2n) is 5.81. The molecule has 25 heavy (non-hydrogen) atoms. The number of benzene rings is 2. The molecule has 0 aliphatic carbocycles. The van der Waals surface area contributed by atoms with Crippen molar-refractivity contribution in [2.45, 2.75) is 19.8 Å². The lowest BCUT2D eigenvalue weighted by atomic mass is 10.1. The molecule has 0 bridgehead atoms. The van der Waals surface area contributed by atoms with Crippen LogP contribution in [0.1, 0.15) is 29.3 Å². The number of carbonyl (C=O) groups excluding carboxylic acids is 2. The summed E-state index contributed by atoms with van der Waals surface area (Å²) in [5, 5.41) is 3.24. The van der Waals surface area contributed by atoms with E-state index in [1.165, 1.54) is 6.92 Å². The molecular formula is C19H18ClNO4. The molecule has 0 unspecified atom stereocenters. The fraction of sp³-hybridized carbons (Fsp3) is 0.263. The van der Waals surface area contributed by atoms with Crippen molar-refractivity contribution in [3.63, 3.8) is 0 Å². The van der Waals surface area contributed by atoms with E-state index in [4.69, 9.17) is 21.1 Å². The lowest BCUT2D eigenvalue weighted by Gasteiger charge is -2.12. The number of amides is 1. The molecule has 1 heterocycles. The van der Waals surface area contributed by atoms with Gasteiger partial charge in [0, 0.05) is 17.7 Å². The molecular weight excluding hydrogens is 342 g/mol. The SMILES string of the molecule is CC(=O)c1ccc(NC(=O)Cc2cc(Cl)c3c(c2)OCCCO3)cc1. The van der Waals surface area contributed by atoms with Crippen LogP contribution < -0.4 is 14.8 Å². The Hall–Kier alpha value is -2.53. The first-order valence-electron chi connectivity index (χ1n) is 8.02. The number of ether oxygens (including phenoxy) is 2. The highest BCUT2D eigenvalue weighted by atomic mass is 35.5. The van der Waals surface area contributed by atoms with Gasteiger partial charge in [-0.2, -0.15) is 0 Å².